The van der Waals surface area contributed by atoms with Gasteiger partial charge in [-0.1, -0.05) is 41.1 Å². The Labute approximate surface area is 119 Å². The van der Waals surface area contributed by atoms with Gasteiger partial charge in [-0.15, -0.1) is 0 Å². The molecule has 1 aromatic carbocycles. The summed E-state index contributed by atoms with van der Waals surface area (Å²) in [6.45, 7) is 7.95. The molecule has 2 rings (SSSR count). The third-order valence-electron chi connectivity index (χ3n) is 3.90. The van der Waals surface area contributed by atoms with E-state index in [1.807, 2.05) is 0 Å². The molecule has 18 heavy (non-hydrogen) atoms. The molecule has 2 nitrogen and oxygen atoms in total. The van der Waals surface area contributed by atoms with Gasteiger partial charge in [0.15, 0.2) is 0 Å². The lowest BCUT2D eigenvalue weighted by molar-refractivity contribution is 0.194. The smallest absolute Gasteiger partial charge is 0.0248 e. The summed E-state index contributed by atoms with van der Waals surface area (Å²) in [5.74, 6) is 0. The van der Waals surface area contributed by atoms with Gasteiger partial charge in [-0.2, -0.15) is 0 Å². The quantitative estimate of drug-likeness (QED) is 0.920. The van der Waals surface area contributed by atoms with Crippen molar-refractivity contribution in [1.82, 2.24) is 10.2 Å². The zero-order valence-corrected chi connectivity index (χ0v) is 12.9. The maximum Gasteiger partial charge on any atom is 0.0248 e. The second-order valence-corrected chi connectivity index (χ2v) is 6.07. The summed E-state index contributed by atoms with van der Waals surface area (Å²) in [6.07, 6.45) is 2.44. The molecule has 1 aromatic rings. The van der Waals surface area contributed by atoms with Crippen LogP contribution in [0.1, 0.15) is 32.3 Å². The van der Waals surface area contributed by atoms with E-state index in [0.29, 0.717) is 12.1 Å². The van der Waals surface area contributed by atoms with Crippen LogP contribution in [0.5, 0.6) is 0 Å². The Balaban J connectivity index is 2.08. The van der Waals surface area contributed by atoms with Crippen LogP contribution < -0.4 is 5.32 Å². The molecule has 3 heteroatoms. The molecule has 1 N–H and O–H groups in total. The van der Waals surface area contributed by atoms with E-state index >= 15 is 0 Å². The highest BCUT2D eigenvalue weighted by molar-refractivity contribution is 9.10. The normalized spacial score (nSPS) is 25.9. The summed E-state index contributed by atoms with van der Waals surface area (Å²) in [4.78, 5) is 2.61. The van der Waals surface area contributed by atoms with Gasteiger partial charge in [-0.05, 0) is 37.9 Å². The second kappa shape index (κ2) is 6.69. The molecule has 1 heterocycles. The van der Waals surface area contributed by atoms with Crippen LogP contribution in [0.15, 0.2) is 28.7 Å². The van der Waals surface area contributed by atoms with Crippen molar-refractivity contribution in [3.8, 4) is 0 Å². The Bertz CT molecular complexity index is 381. The molecule has 0 radical (unpaired) electrons. The van der Waals surface area contributed by atoms with Gasteiger partial charge in [0.05, 0.1) is 0 Å². The average molecular weight is 311 g/mol. The lowest BCUT2D eigenvalue weighted by atomic mass is 10.1. The topological polar surface area (TPSA) is 15.3 Å². The molecule has 0 saturated carbocycles. The van der Waals surface area contributed by atoms with Crippen LogP contribution in [0, 0.1) is 0 Å². The van der Waals surface area contributed by atoms with Crippen LogP contribution in [0.3, 0.4) is 0 Å². The van der Waals surface area contributed by atoms with Crippen molar-refractivity contribution in [2.45, 2.75) is 45.3 Å². The first kappa shape index (κ1) is 14.0. The first-order chi connectivity index (χ1) is 8.70. The molecule has 1 aliphatic rings. The molecule has 1 saturated heterocycles. The van der Waals surface area contributed by atoms with E-state index in [0.717, 1.165) is 19.6 Å². The minimum atomic E-state index is 0.637. The minimum Gasteiger partial charge on any atom is -0.313 e. The molecule has 0 spiro atoms. The number of halogens is 1. The predicted molar refractivity (Wildman–Crippen MR) is 80.7 cm³/mol. The minimum absolute atomic E-state index is 0.637. The molecule has 0 bridgehead atoms. The fraction of sp³-hybridized carbons (Fsp3) is 0.600. The van der Waals surface area contributed by atoms with Crippen LogP contribution in [0.4, 0.5) is 0 Å². The number of nitrogens with one attached hydrogen (secondary N) is 1. The Kier molecular flexibility index (Phi) is 5.22. The summed E-state index contributed by atoms with van der Waals surface area (Å²) in [5.41, 5.74) is 1.39. The van der Waals surface area contributed by atoms with Crippen molar-refractivity contribution >= 4 is 15.9 Å². The number of hydrogen-bond donors (Lipinski definition) is 1. The Morgan fingerprint density at radius 3 is 2.89 bits per heavy atom. The van der Waals surface area contributed by atoms with Gasteiger partial charge in [0.25, 0.3) is 0 Å². The number of benzene rings is 1. The lowest BCUT2D eigenvalue weighted by Gasteiger charge is -2.29. The zero-order chi connectivity index (χ0) is 13.0. The predicted octanol–water partition coefficient (Wildman–Crippen LogP) is 3.41. The Hall–Kier alpha value is -0.380. The van der Waals surface area contributed by atoms with E-state index < -0.39 is 0 Å². The van der Waals surface area contributed by atoms with Crippen molar-refractivity contribution in [3.05, 3.63) is 34.3 Å². The zero-order valence-electron chi connectivity index (χ0n) is 11.3. The number of hydrogen-bond acceptors (Lipinski definition) is 2. The summed E-state index contributed by atoms with van der Waals surface area (Å²) < 4.78 is 1.22. The first-order valence-corrected chi connectivity index (χ1v) is 7.70. The first-order valence-electron chi connectivity index (χ1n) is 6.91. The number of rotatable bonds is 3. The molecule has 2 unspecified atom stereocenters. The Morgan fingerprint density at radius 1 is 1.39 bits per heavy atom. The van der Waals surface area contributed by atoms with Crippen molar-refractivity contribution in [2.24, 2.45) is 0 Å². The van der Waals surface area contributed by atoms with E-state index in [-0.39, 0.29) is 0 Å². The Morgan fingerprint density at radius 2 is 2.17 bits per heavy atom. The van der Waals surface area contributed by atoms with Gasteiger partial charge in [0.2, 0.25) is 0 Å². The van der Waals surface area contributed by atoms with E-state index in [4.69, 9.17) is 0 Å². The van der Waals surface area contributed by atoms with E-state index in [1.54, 1.807) is 0 Å². The molecule has 2 atom stereocenters. The van der Waals surface area contributed by atoms with Gasteiger partial charge in [-0.3, -0.25) is 4.90 Å². The maximum absolute atomic E-state index is 3.65. The van der Waals surface area contributed by atoms with Gasteiger partial charge in [0, 0.05) is 29.6 Å². The lowest BCUT2D eigenvalue weighted by Crippen LogP contribution is -2.39. The monoisotopic (exact) mass is 310 g/mol. The summed E-state index contributed by atoms with van der Waals surface area (Å²) in [7, 11) is 0. The number of nitrogens with zero attached hydrogens (tertiary/aromatic N) is 1. The van der Waals surface area contributed by atoms with Crippen LogP contribution in [0.25, 0.3) is 0 Å². The van der Waals surface area contributed by atoms with Crippen LogP contribution in [-0.4, -0.2) is 30.1 Å². The van der Waals surface area contributed by atoms with Gasteiger partial charge in [-0.25, -0.2) is 0 Å². The highest BCUT2D eigenvalue weighted by Crippen LogP contribution is 2.21. The molecule has 0 aliphatic carbocycles. The van der Waals surface area contributed by atoms with Crippen molar-refractivity contribution in [1.29, 1.82) is 0 Å². The van der Waals surface area contributed by atoms with Gasteiger partial charge in [0.1, 0.15) is 0 Å². The van der Waals surface area contributed by atoms with Gasteiger partial charge >= 0.3 is 0 Å². The molecule has 1 aliphatic heterocycles. The van der Waals surface area contributed by atoms with E-state index in [2.05, 4.69) is 64.3 Å². The fourth-order valence-electron chi connectivity index (χ4n) is 2.55. The SMILES string of the molecule is CCC1CN(Cc2ccccc2Br)C(C)CCN1. The highest BCUT2D eigenvalue weighted by Gasteiger charge is 2.22. The second-order valence-electron chi connectivity index (χ2n) is 5.22. The summed E-state index contributed by atoms with van der Waals surface area (Å²) >= 11 is 3.65. The van der Waals surface area contributed by atoms with Gasteiger partial charge < -0.3 is 5.32 Å². The van der Waals surface area contributed by atoms with Crippen molar-refractivity contribution in [2.75, 3.05) is 13.1 Å². The third kappa shape index (κ3) is 3.56. The maximum atomic E-state index is 3.65. The molecular formula is C15H23BrN2. The van der Waals surface area contributed by atoms with Crippen LogP contribution in [0.2, 0.25) is 0 Å². The van der Waals surface area contributed by atoms with Crippen molar-refractivity contribution in [3.63, 3.8) is 0 Å². The average Bonchev–Trinajstić information content (AvgIpc) is 2.55. The highest BCUT2D eigenvalue weighted by atomic mass is 79.9. The van der Waals surface area contributed by atoms with E-state index in [1.165, 1.54) is 22.9 Å². The van der Waals surface area contributed by atoms with Crippen LogP contribution >= 0.6 is 15.9 Å². The molecule has 0 amide bonds. The molecular weight excluding hydrogens is 288 g/mol. The fourth-order valence-corrected chi connectivity index (χ4v) is 2.96. The van der Waals surface area contributed by atoms with Crippen LogP contribution in [-0.2, 0) is 6.54 Å². The largest absolute Gasteiger partial charge is 0.313 e. The molecule has 0 aromatic heterocycles. The summed E-state index contributed by atoms with van der Waals surface area (Å²) in [6, 6.07) is 9.84. The van der Waals surface area contributed by atoms with E-state index in [9.17, 15) is 0 Å². The van der Waals surface area contributed by atoms with Crippen molar-refractivity contribution < 1.29 is 0 Å². The standard InChI is InChI=1S/C15H23BrN2/c1-3-14-11-18(12(2)8-9-17-14)10-13-6-4-5-7-15(13)16/h4-7,12,14,17H,3,8-11H2,1-2H3. The molecule has 1 fully saturated rings. The summed E-state index contributed by atoms with van der Waals surface area (Å²) in [5, 5.41) is 3.64. The molecule has 100 valence electrons. The third-order valence-corrected chi connectivity index (χ3v) is 4.67.